The molecule has 0 aromatic rings. The average molecular weight is 244 g/mol. The van der Waals surface area contributed by atoms with Crippen LogP contribution in [0.4, 0.5) is 23.3 Å². The van der Waals surface area contributed by atoms with E-state index in [0.29, 0.717) is 0 Å². The van der Waals surface area contributed by atoms with Crippen molar-refractivity contribution in [2.45, 2.75) is 0 Å². The summed E-state index contributed by atoms with van der Waals surface area (Å²) in [6.45, 7) is 0. The molecule has 12 heavy (non-hydrogen) atoms. The molecule has 0 rings (SSSR count). The molecule has 0 aliphatic rings. The first-order chi connectivity index (χ1) is 4.45. The molecule has 0 radical (unpaired) electrons. The Hall–Kier alpha value is -0.200. The average Bonchev–Trinajstić information content (AvgIpc) is 1.04. The molecule has 0 unspecified atom stereocenters. The molecule has 0 saturated carbocycles. The van der Waals surface area contributed by atoms with Crippen molar-refractivity contribution in [3.05, 3.63) is 0 Å². The molecule has 0 bridgehead atoms. The van der Waals surface area contributed by atoms with E-state index in [1.54, 1.807) is 0 Å². The summed E-state index contributed by atoms with van der Waals surface area (Å²) in [6.07, 6.45) is 0. The Balaban J connectivity index is 0. The molecule has 0 atom stereocenters. The molecule has 0 amide bonds. The number of hydrogen-bond acceptors (Lipinski definition) is 2. The van der Waals surface area contributed by atoms with Crippen molar-refractivity contribution in [1.82, 2.24) is 0 Å². The summed E-state index contributed by atoms with van der Waals surface area (Å²) in [5.74, 6) is 0. The second kappa shape index (κ2) is 2.40. The van der Waals surface area contributed by atoms with Crippen LogP contribution >= 0.6 is 10.6 Å². The molecule has 80 valence electrons. The lowest BCUT2D eigenvalue weighted by Crippen LogP contribution is -1.92. The monoisotopic (exact) mass is 244 g/mol. The topological polar surface area (TPSA) is 74.6 Å². The summed E-state index contributed by atoms with van der Waals surface area (Å²) in [5.41, 5.74) is 0. The third-order valence-corrected chi connectivity index (χ3v) is 0. The van der Waals surface area contributed by atoms with Gasteiger partial charge in [-0.05, 0) is 0 Å². The lowest BCUT2D eigenvalue weighted by atomic mass is 15.8. The standard InChI is InChI=1S/F6S.H2O4S/c1-7(2,3,4,5)6;1-5(2,3)4/h;(H2,1,2,3,4). The lowest BCUT2D eigenvalue weighted by molar-refractivity contribution is 0.291. The molecule has 0 fully saturated rings. The second-order valence-corrected chi connectivity index (χ2v) is 3.97. The van der Waals surface area contributed by atoms with Crippen LogP contribution in [-0.2, 0) is 10.4 Å². The van der Waals surface area contributed by atoms with E-state index in [2.05, 4.69) is 0 Å². The number of halogens is 6. The zero-order chi connectivity index (χ0) is 10.9. The van der Waals surface area contributed by atoms with Crippen LogP contribution in [-0.4, -0.2) is 17.5 Å². The zero-order valence-corrected chi connectivity index (χ0v) is 6.43. The third kappa shape index (κ3) is 19000. The largest absolute Gasteiger partial charge is 0.431 e. The van der Waals surface area contributed by atoms with Crippen molar-refractivity contribution in [2.75, 3.05) is 0 Å². The van der Waals surface area contributed by atoms with Crippen molar-refractivity contribution in [3.8, 4) is 0 Å². The van der Waals surface area contributed by atoms with Gasteiger partial charge in [-0.2, -0.15) is 8.42 Å². The van der Waals surface area contributed by atoms with Gasteiger partial charge in [0.15, 0.2) is 0 Å². The highest BCUT2D eigenvalue weighted by Gasteiger charge is 2.64. The molecule has 2 N–H and O–H groups in total. The van der Waals surface area contributed by atoms with Crippen molar-refractivity contribution in [3.63, 3.8) is 0 Å². The summed E-state index contributed by atoms with van der Waals surface area (Å²) in [7, 11) is -15.1. The quantitative estimate of drug-likeness (QED) is 0.507. The maximum absolute atomic E-state index is 10.5. The maximum Gasteiger partial charge on any atom is 0.431 e. The van der Waals surface area contributed by atoms with E-state index in [9.17, 15) is 23.3 Å². The Morgan fingerprint density at radius 3 is 0.833 bits per heavy atom. The fraction of sp³-hybridized carbons (Fsp3) is 0. The van der Waals surface area contributed by atoms with Crippen LogP contribution < -0.4 is 0 Å². The summed E-state index contributed by atoms with van der Waals surface area (Å²) in [4.78, 5) is 0. The minimum Gasteiger partial charge on any atom is -0.264 e. The first-order valence-electron chi connectivity index (χ1n) is 1.62. The molecule has 0 aromatic carbocycles. The first-order valence-corrected chi connectivity index (χ1v) is 4.87. The van der Waals surface area contributed by atoms with Gasteiger partial charge >= 0.3 is 21.0 Å². The van der Waals surface area contributed by atoms with Crippen LogP contribution in [0.1, 0.15) is 0 Å². The number of rotatable bonds is 0. The Morgan fingerprint density at radius 2 is 0.833 bits per heavy atom. The number of hydrogen-bond donors (Lipinski definition) is 2. The fourth-order valence-electron chi connectivity index (χ4n) is 0. The molecule has 4 nitrogen and oxygen atoms in total. The van der Waals surface area contributed by atoms with Gasteiger partial charge in [-0.1, -0.05) is 23.3 Å². The van der Waals surface area contributed by atoms with E-state index >= 15 is 0 Å². The van der Waals surface area contributed by atoms with E-state index in [4.69, 9.17) is 17.5 Å². The first kappa shape index (κ1) is 14.3. The van der Waals surface area contributed by atoms with Gasteiger partial charge in [0.05, 0.1) is 0 Å². The van der Waals surface area contributed by atoms with Gasteiger partial charge in [-0.15, -0.1) is 0 Å². The normalized spacial score (nSPS) is 18.3. The summed E-state index contributed by atoms with van der Waals surface area (Å²) >= 11 is 0. The predicted octanol–water partition coefficient (Wildman–Crippen LogP) is 2.52. The maximum atomic E-state index is 9.85. The SMILES string of the molecule is FS(F)(F)(F)(F)F.O=S(=O)(O)O. The van der Waals surface area contributed by atoms with E-state index in [1.807, 2.05) is 0 Å². The van der Waals surface area contributed by atoms with Crippen LogP contribution in [0.3, 0.4) is 0 Å². The molecule has 0 aliphatic carbocycles. The van der Waals surface area contributed by atoms with Gasteiger partial charge < -0.3 is 0 Å². The third-order valence-electron chi connectivity index (χ3n) is 0. The molecule has 12 heteroatoms. The Morgan fingerprint density at radius 1 is 0.833 bits per heavy atom. The predicted molar refractivity (Wildman–Crippen MR) is 28.4 cm³/mol. The van der Waals surface area contributed by atoms with Crippen molar-refractivity contribution in [1.29, 1.82) is 0 Å². The minimum absolute atomic E-state index is 4.67. The highest BCUT2D eigenvalue weighted by atomic mass is 32.5. The Labute approximate surface area is 62.8 Å². The molecule has 0 spiro atoms. The lowest BCUT2D eigenvalue weighted by Gasteiger charge is -2.28. The Bertz CT molecular complexity index is 219. The molecule has 0 aromatic heterocycles. The molecular formula is H2F6O4S2. The molecular weight excluding hydrogens is 242 g/mol. The molecule has 0 saturated heterocycles. The minimum atomic E-state index is -10.5. The van der Waals surface area contributed by atoms with Gasteiger partial charge in [0.2, 0.25) is 0 Å². The summed E-state index contributed by atoms with van der Waals surface area (Å²) in [5, 5.41) is 0. The molecule has 0 aliphatic heterocycles. The smallest absolute Gasteiger partial charge is 0.264 e. The van der Waals surface area contributed by atoms with Gasteiger partial charge in [0.1, 0.15) is 0 Å². The van der Waals surface area contributed by atoms with E-state index in [0.717, 1.165) is 0 Å². The van der Waals surface area contributed by atoms with Crippen molar-refractivity contribution < 1.29 is 40.8 Å². The van der Waals surface area contributed by atoms with Gasteiger partial charge in [-0.3, -0.25) is 9.11 Å². The van der Waals surface area contributed by atoms with Crippen LogP contribution in [0.5, 0.6) is 0 Å². The summed E-state index contributed by atoms with van der Waals surface area (Å²) in [6, 6.07) is 0. The fourth-order valence-corrected chi connectivity index (χ4v) is 0. The van der Waals surface area contributed by atoms with Crippen LogP contribution in [0.2, 0.25) is 0 Å². The van der Waals surface area contributed by atoms with Crippen molar-refractivity contribution in [2.24, 2.45) is 0 Å². The summed E-state index contributed by atoms with van der Waals surface area (Å²) < 4.78 is 90.7. The van der Waals surface area contributed by atoms with Crippen LogP contribution in [0.15, 0.2) is 0 Å². The van der Waals surface area contributed by atoms with E-state index in [1.165, 1.54) is 0 Å². The van der Waals surface area contributed by atoms with Gasteiger partial charge in [0.25, 0.3) is 0 Å². The Kier molecular flexibility index (Phi) is 2.86. The van der Waals surface area contributed by atoms with Gasteiger partial charge in [-0.25, -0.2) is 0 Å². The highest BCUT2D eigenvalue weighted by Crippen LogP contribution is 2.99. The van der Waals surface area contributed by atoms with Crippen LogP contribution in [0.25, 0.3) is 0 Å². The van der Waals surface area contributed by atoms with Gasteiger partial charge in [0, 0.05) is 0 Å². The van der Waals surface area contributed by atoms with E-state index < -0.39 is 21.0 Å². The molecule has 0 heterocycles. The zero-order valence-electron chi connectivity index (χ0n) is 4.80. The highest BCUT2D eigenvalue weighted by molar-refractivity contribution is 8.41. The second-order valence-electron chi connectivity index (χ2n) is 1.32. The van der Waals surface area contributed by atoms with Crippen molar-refractivity contribution >= 4 is 21.0 Å². The van der Waals surface area contributed by atoms with E-state index in [-0.39, 0.29) is 0 Å². The van der Waals surface area contributed by atoms with Crippen LogP contribution in [0, 0.1) is 0 Å².